The fourth-order valence-corrected chi connectivity index (χ4v) is 5.49. The Bertz CT molecular complexity index is 2200. The lowest BCUT2D eigenvalue weighted by Crippen LogP contribution is -2.03. The van der Waals surface area contributed by atoms with Gasteiger partial charge < -0.3 is 0 Å². The molecule has 5 aromatic carbocycles. The van der Waals surface area contributed by atoms with E-state index in [-0.39, 0.29) is 33.4 Å². The highest BCUT2D eigenvalue weighted by Crippen LogP contribution is 2.47. The minimum Gasteiger partial charge on any atom is -0.192 e. The van der Waals surface area contributed by atoms with Gasteiger partial charge in [0.2, 0.25) is 0 Å². The van der Waals surface area contributed by atoms with Crippen molar-refractivity contribution in [3.05, 3.63) is 105 Å². The van der Waals surface area contributed by atoms with Crippen LogP contribution in [0.15, 0.2) is 60.7 Å². The highest BCUT2D eigenvalue weighted by atomic mass is 14.4. The second-order valence-electron chi connectivity index (χ2n) is 9.22. The first-order valence-electron chi connectivity index (χ1n) is 12.2. The Balaban J connectivity index is 2.19. The second kappa shape index (κ2) is 9.79. The molecule has 0 aromatic heterocycles. The van der Waals surface area contributed by atoms with Gasteiger partial charge in [0.05, 0.1) is 33.4 Å². The van der Waals surface area contributed by atoms with Crippen LogP contribution in [0, 0.1) is 81.8 Å². The van der Waals surface area contributed by atoms with Crippen LogP contribution < -0.4 is 0 Å². The molecule has 0 heterocycles. The van der Waals surface area contributed by atoms with Crippen molar-refractivity contribution >= 4 is 21.5 Å². The second-order valence-corrected chi connectivity index (χ2v) is 9.22. The molecule has 5 rings (SSSR count). The monoisotopic (exact) mass is 508 g/mol. The first-order valence-corrected chi connectivity index (χ1v) is 12.2. The number of fused-ring (bicyclic) bond motifs is 3. The number of rotatable bonds is 2. The zero-order valence-electron chi connectivity index (χ0n) is 21.5. The van der Waals surface area contributed by atoms with E-state index in [4.69, 9.17) is 0 Å². The van der Waals surface area contributed by atoms with E-state index in [1.807, 2.05) is 80.6 Å². The Hall–Kier alpha value is -6.44. The van der Waals surface area contributed by atoms with Gasteiger partial charge in [-0.3, -0.25) is 0 Å². The van der Waals surface area contributed by atoms with Gasteiger partial charge in [-0.05, 0) is 70.1 Å². The van der Waals surface area contributed by atoms with Crippen molar-refractivity contribution in [2.75, 3.05) is 0 Å². The van der Waals surface area contributed by atoms with Crippen LogP contribution in [0.4, 0.5) is 0 Å². The number of benzene rings is 5. The quantitative estimate of drug-likeness (QED) is 0.231. The first kappa shape index (κ1) is 25.2. The Labute approximate surface area is 230 Å². The number of hydrogen-bond donors (Lipinski definition) is 0. The minimum absolute atomic E-state index is 0.0181. The molecule has 0 aliphatic carbocycles. The summed E-state index contributed by atoms with van der Waals surface area (Å²) in [4.78, 5) is 0. The van der Waals surface area contributed by atoms with Crippen LogP contribution in [0.5, 0.6) is 0 Å². The van der Waals surface area contributed by atoms with E-state index in [9.17, 15) is 31.6 Å². The van der Waals surface area contributed by atoms with Crippen LogP contribution in [-0.2, 0) is 0 Å². The van der Waals surface area contributed by atoms with Crippen molar-refractivity contribution in [2.24, 2.45) is 0 Å². The fourth-order valence-electron chi connectivity index (χ4n) is 5.49. The van der Waals surface area contributed by atoms with E-state index < -0.39 is 0 Å². The molecule has 182 valence electrons. The molecule has 6 heteroatoms. The van der Waals surface area contributed by atoms with E-state index in [1.165, 1.54) is 6.07 Å². The van der Waals surface area contributed by atoms with E-state index in [2.05, 4.69) is 18.2 Å². The van der Waals surface area contributed by atoms with Crippen molar-refractivity contribution in [2.45, 2.75) is 13.8 Å². The van der Waals surface area contributed by atoms with Crippen LogP contribution in [0.3, 0.4) is 0 Å². The maximum absolute atomic E-state index is 10.4. The SMILES string of the molecule is Cc1ccccc1-c1ccccc1-c1c(C)c2cc(C#N)c(C#N)cc2c2c(C#N)c(C#N)c(C#N)c(C#N)c12. The molecular formula is C34H16N6. The molecule has 0 saturated heterocycles. The smallest absolute Gasteiger partial charge is 0.102 e. The molecule has 6 nitrogen and oxygen atoms in total. The minimum atomic E-state index is -0.194. The Morgan fingerprint density at radius 1 is 0.475 bits per heavy atom. The normalized spacial score (nSPS) is 10.1. The molecule has 0 bridgehead atoms. The number of nitrogens with zero attached hydrogens (tertiary/aromatic N) is 6. The number of aryl methyl sites for hydroxylation is 2. The summed E-state index contributed by atoms with van der Waals surface area (Å²) in [6.45, 7) is 3.86. The third kappa shape index (κ3) is 3.52. The zero-order chi connectivity index (χ0) is 28.6. The number of nitriles is 6. The molecule has 0 unspecified atom stereocenters. The van der Waals surface area contributed by atoms with Gasteiger partial charge in [0.1, 0.15) is 36.4 Å². The molecule has 0 saturated carbocycles. The average Bonchev–Trinajstić information content (AvgIpc) is 2.99. The summed E-state index contributed by atoms with van der Waals surface area (Å²) in [6.07, 6.45) is 0. The summed E-state index contributed by atoms with van der Waals surface area (Å²) < 4.78 is 0. The molecule has 0 atom stereocenters. The topological polar surface area (TPSA) is 143 Å². The molecule has 0 N–H and O–H groups in total. The third-order valence-electron chi connectivity index (χ3n) is 7.28. The van der Waals surface area contributed by atoms with Crippen molar-refractivity contribution in [3.8, 4) is 58.7 Å². The molecule has 0 aliphatic heterocycles. The Kier molecular flexibility index (Phi) is 6.17. The van der Waals surface area contributed by atoms with Gasteiger partial charge in [-0.15, -0.1) is 0 Å². The van der Waals surface area contributed by atoms with Crippen LogP contribution in [0.2, 0.25) is 0 Å². The summed E-state index contributed by atoms with van der Waals surface area (Å²) >= 11 is 0. The lowest BCUT2D eigenvalue weighted by Gasteiger charge is -2.21. The standard InChI is InChI=1S/C34H16N6/c1-19-7-3-4-8-23(19)24-9-5-6-10-25(24)32-20(2)26-11-21(13-35)22(14-36)12-27(26)33-30(17-39)28(15-37)29(16-38)31(18-40)34(32)33/h3-12H,1-2H3. The average molecular weight is 509 g/mol. The molecule has 0 aliphatic rings. The fraction of sp³-hybridized carbons (Fsp3) is 0.0588. The van der Waals surface area contributed by atoms with E-state index in [0.29, 0.717) is 32.7 Å². The summed E-state index contributed by atoms with van der Waals surface area (Å²) in [5.41, 5.74) is 4.80. The molecule has 0 fully saturated rings. The van der Waals surface area contributed by atoms with Gasteiger partial charge in [0, 0.05) is 10.8 Å². The van der Waals surface area contributed by atoms with Gasteiger partial charge in [-0.25, -0.2) is 0 Å². The van der Waals surface area contributed by atoms with Crippen molar-refractivity contribution < 1.29 is 0 Å². The van der Waals surface area contributed by atoms with Crippen molar-refractivity contribution in [3.63, 3.8) is 0 Å². The van der Waals surface area contributed by atoms with Gasteiger partial charge in [0.25, 0.3) is 0 Å². The highest BCUT2D eigenvalue weighted by molar-refractivity contribution is 6.21. The molecule has 0 spiro atoms. The first-order chi connectivity index (χ1) is 19.4. The predicted molar refractivity (Wildman–Crippen MR) is 150 cm³/mol. The largest absolute Gasteiger partial charge is 0.192 e. The maximum Gasteiger partial charge on any atom is 0.102 e. The van der Waals surface area contributed by atoms with Crippen molar-refractivity contribution in [1.29, 1.82) is 31.6 Å². The lowest BCUT2D eigenvalue weighted by molar-refractivity contribution is 1.39. The molecular weight excluding hydrogens is 492 g/mol. The van der Waals surface area contributed by atoms with Gasteiger partial charge in [0.15, 0.2) is 0 Å². The summed E-state index contributed by atoms with van der Waals surface area (Å²) in [5.74, 6) is 0. The zero-order valence-corrected chi connectivity index (χ0v) is 21.5. The highest BCUT2D eigenvalue weighted by Gasteiger charge is 2.27. The summed E-state index contributed by atoms with van der Waals surface area (Å²) in [5, 5.41) is 62.0. The van der Waals surface area contributed by atoms with E-state index in [0.717, 1.165) is 22.3 Å². The third-order valence-corrected chi connectivity index (χ3v) is 7.28. The lowest BCUT2D eigenvalue weighted by atomic mass is 9.79. The molecule has 0 radical (unpaired) electrons. The van der Waals surface area contributed by atoms with Crippen LogP contribution in [0.1, 0.15) is 44.5 Å². The molecule has 0 amide bonds. The Morgan fingerprint density at radius 3 is 1.48 bits per heavy atom. The van der Waals surface area contributed by atoms with E-state index in [1.54, 1.807) is 6.07 Å². The molecule has 40 heavy (non-hydrogen) atoms. The van der Waals surface area contributed by atoms with Gasteiger partial charge in [-0.1, -0.05) is 48.5 Å². The van der Waals surface area contributed by atoms with Crippen LogP contribution >= 0.6 is 0 Å². The van der Waals surface area contributed by atoms with E-state index >= 15 is 0 Å². The maximum atomic E-state index is 10.4. The Morgan fingerprint density at radius 2 is 0.950 bits per heavy atom. The van der Waals surface area contributed by atoms with Crippen molar-refractivity contribution in [1.82, 2.24) is 0 Å². The number of hydrogen-bond acceptors (Lipinski definition) is 6. The summed E-state index contributed by atoms with van der Waals surface area (Å²) in [6, 6.07) is 31.0. The summed E-state index contributed by atoms with van der Waals surface area (Å²) in [7, 11) is 0. The molecule has 5 aromatic rings. The predicted octanol–water partition coefficient (Wildman–Crippen LogP) is 7.17. The van der Waals surface area contributed by atoms with Crippen LogP contribution in [-0.4, -0.2) is 0 Å². The van der Waals surface area contributed by atoms with Gasteiger partial charge in [-0.2, -0.15) is 31.6 Å². The van der Waals surface area contributed by atoms with Gasteiger partial charge >= 0.3 is 0 Å². The van der Waals surface area contributed by atoms with Crippen LogP contribution in [0.25, 0.3) is 43.8 Å².